The fourth-order valence-corrected chi connectivity index (χ4v) is 1.36. The van der Waals surface area contributed by atoms with E-state index in [-0.39, 0.29) is 5.78 Å². The minimum absolute atomic E-state index is 0.185. The van der Waals surface area contributed by atoms with Crippen molar-refractivity contribution in [2.45, 2.75) is 32.8 Å². The molecule has 14 heavy (non-hydrogen) atoms. The Morgan fingerprint density at radius 3 is 2.86 bits per heavy atom. The normalized spacial score (nSPS) is 21.4. The van der Waals surface area contributed by atoms with Crippen molar-refractivity contribution in [3.05, 3.63) is 11.8 Å². The predicted octanol–water partition coefficient (Wildman–Crippen LogP) is 1.20. The van der Waals surface area contributed by atoms with Gasteiger partial charge in [0.15, 0.2) is 11.9 Å². The monoisotopic (exact) mass is 198 g/mol. The zero-order valence-corrected chi connectivity index (χ0v) is 8.41. The van der Waals surface area contributed by atoms with E-state index in [1.807, 2.05) is 6.92 Å². The number of hydrogen-bond donors (Lipinski definition) is 0. The van der Waals surface area contributed by atoms with Crippen molar-refractivity contribution in [2.75, 3.05) is 6.61 Å². The zero-order valence-electron chi connectivity index (χ0n) is 8.41. The smallest absolute Gasteiger partial charge is 0.303 e. The lowest BCUT2D eigenvalue weighted by Gasteiger charge is -2.20. The van der Waals surface area contributed by atoms with Crippen LogP contribution >= 0.6 is 0 Å². The molecule has 4 heteroatoms. The molecule has 1 aliphatic carbocycles. The number of ether oxygens (including phenoxy) is 2. The molecule has 0 heterocycles. The summed E-state index contributed by atoms with van der Waals surface area (Å²) >= 11 is 0. The Bertz CT molecular complexity index is 267. The van der Waals surface area contributed by atoms with Gasteiger partial charge >= 0.3 is 5.97 Å². The average Bonchev–Trinajstić information content (AvgIpc) is 2.10. The number of rotatable bonds is 3. The molecule has 0 saturated heterocycles. The van der Waals surface area contributed by atoms with Crippen molar-refractivity contribution >= 4 is 11.8 Å². The summed E-state index contributed by atoms with van der Waals surface area (Å²) in [6.45, 7) is 3.72. The quantitative estimate of drug-likeness (QED) is 0.639. The minimum atomic E-state index is -0.614. The van der Waals surface area contributed by atoms with E-state index >= 15 is 0 Å². The van der Waals surface area contributed by atoms with Crippen molar-refractivity contribution in [2.24, 2.45) is 0 Å². The molecule has 0 aromatic rings. The number of carbonyl (C=O) groups excluding carboxylic acids is 2. The summed E-state index contributed by atoms with van der Waals surface area (Å²) in [7, 11) is 0. The topological polar surface area (TPSA) is 52.6 Å². The van der Waals surface area contributed by atoms with E-state index in [1.165, 1.54) is 13.0 Å². The van der Waals surface area contributed by atoms with E-state index < -0.39 is 12.1 Å². The Morgan fingerprint density at radius 2 is 2.36 bits per heavy atom. The molecule has 0 N–H and O–H groups in total. The molecule has 1 aliphatic rings. The molecule has 0 saturated carbocycles. The standard InChI is InChI=1S/C10H14O4/c1-3-13-8-4-5-10(9(12)6-8)14-7(2)11/h6,10H,3-5H2,1-2H3. The van der Waals surface area contributed by atoms with Gasteiger partial charge in [-0.3, -0.25) is 9.59 Å². The van der Waals surface area contributed by atoms with Crippen LogP contribution in [0.5, 0.6) is 0 Å². The number of allylic oxidation sites excluding steroid dienone is 1. The van der Waals surface area contributed by atoms with Gasteiger partial charge in [-0.15, -0.1) is 0 Å². The highest BCUT2D eigenvalue weighted by molar-refractivity contribution is 5.95. The maximum absolute atomic E-state index is 11.4. The van der Waals surface area contributed by atoms with Gasteiger partial charge in [0.2, 0.25) is 0 Å². The molecule has 0 aromatic carbocycles. The van der Waals surface area contributed by atoms with Crippen molar-refractivity contribution < 1.29 is 19.1 Å². The molecule has 0 bridgehead atoms. The van der Waals surface area contributed by atoms with Gasteiger partial charge in [-0.25, -0.2) is 0 Å². The molecule has 1 unspecified atom stereocenters. The number of esters is 1. The van der Waals surface area contributed by atoms with Crippen LogP contribution in [-0.4, -0.2) is 24.5 Å². The van der Waals surface area contributed by atoms with E-state index in [0.717, 1.165) is 0 Å². The van der Waals surface area contributed by atoms with Crippen LogP contribution in [0.2, 0.25) is 0 Å². The summed E-state index contributed by atoms with van der Waals surface area (Å²) in [5.41, 5.74) is 0. The van der Waals surface area contributed by atoms with Crippen LogP contribution in [0.3, 0.4) is 0 Å². The lowest BCUT2D eigenvalue weighted by Crippen LogP contribution is -2.28. The molecule has 4 nitrogen and oxygen atoms in total. The van der Waals surface area contributed by atoms with Crippen LogP contribution < -0.4 is 0 Å². The Labute approximate surface area is 82.9 Å². The second kappa shape index (κ2) is 4.79. The molecule has 1 atom stereocenters. The Balaban J connectivity index is 2.55. The first kappa shape index (κ1) is 10.8. The predicted molar refractivity (Wildman–Crippen MR) is 49.5 cm³/mol. The summed E-state index contributed by atoms with van der Waals surface area (Å²) in [5.74, 6) is 0.0763. The van der Waals surface area contributed by atoms with Gasteiger partial charge in [0.05, 0.1) is 12.4 Å². The molecule has 0 radical (unpaired) electrons. The summed E-state index contributed by atoms with van der Waals surface area (Å²) in [6, 6.07) is 0. The Hall–Kier alpha value is -1.32. The first-order valence-corrected chi connectivity index (χ1v) is 4.68. The van der Waals surface area contributed by atoms with Crippen LogP contribution in [0.15, 0.2) is 11.8 Å². The van der Waals surface area contributed by atoms with Crippen LogP contribution in [-0.2, 0) is 19.1 Å². The number of carbonyl (C=O) groups is 2. The largest absolute Gasteiger partial charge is 0.498 e. The first-order chi connectivity index (χ1) is 6.63. The lowest BCUT2D eigenvalue weighted by molar-refractivity contribution is -0.152. The molecule has 1 rings (SSSR count). The SMILES string of the molecule is CCOC1=CC(=O)C(OC(C)=O)CC1. The van der Waals surface area contributed by atoms with Crippen LogP contribution in [0, 0.1) is 0 Å². The molecule has 0 amide bonds. The molecule has 0 aliphatic heterocycles. The van der Waals surface area contributed by atoms with Crippen LogP contribution in [0.1, 0.15) is 26.7 Å². The van der Waals surface area contributed by atoms with E-state index in [1.54, 1.807) is 0 Å². The van der Waals surface area contributed by atoms with E-state index in [0.29, 0.717) is 25.2 Å². The summed E-state index contributed by atoms with van der Waals surface area (Å²) in [6.07, 6.45) is 1.97. The van der Waals surface area contributed by atoms with Crippen molar-refractivity contribution in [3.63, 3.8) is 0 Å². The molecular weight excluding hydrogens is 184 g/mol. The van der Waals surface area contributed by atoms with Gasteiger partial charge < -0.3 is 9.47 Å². The molecule has 78 valence electrons. The van der Waals surface area contributed by atoms with Gasteiger partial charge in [0.25, 0.3) is 0 Å². The van der Waals surface area contributed by atoms with Crippen molar-refractivity contribution in [1.82, 2.24) is 0 Å². The van der Waals surface area contributed by atoms with Crippen molar-refractivity contribution in [1.29, 1.82) is 0 Å². The van der Waals surface area contributed by atoms with Crippen LogP contribution in [0.4, 0.5) is 0 Å². The Morgan fingerprint density at radius 1 is 1.64 bits per heavy atom. The van der Waals surface area contributed by atoms with Gasteiger partial charge in [0, 0.05) is 19.4 Å². The highest BCUT2D eigenvalue weighted by atomic mass is 16.5. The molecule has 0 aromatic heterocycles. The third-order valence-corrected chi connectivity index (χ3v) is 1.91. The number of ketones is 1. The van der Waals surface area contributed by atoms with E-state index in [9.17, 15) is 9.59 Å². The third-order valence-electron chi connectivity index (χ3n) is 1.91. The molecular formula is C10H14O4. The van der Waals surface area contributed by atoms with Crippen molar-refractivity contribution in [3.8, 4) is 0 Å². The summed E-state index contributed by atoms with van der Waals surface area (Å²) in [4.78, 5) is 22.0. The van der Waals surface area contributed by atoms with Gasteiger partial charge in [-0.05, 0) is 13.3 Å². The number of hydrogen-bond acceptors (Lipinski definition) is 4. The maximum atomic E-state index is 11.4. The highest BCUT2D eigenvalue weighted by Crippen LogP contribution is 2.19. The second-order valence-electron chi connectivity index (χ2n) is 3.08. The first-order valence-electron chi connectivity index (χ1n) is 4.68. The fraction of sp³-hybridized carbons (Fsp3) is 0.600. The summed E-state index contributed by atoms with van der Waals surface area (Å²) < 4.78 is 10.0. The third kappa shape index (κ3) is 2.87. The Kier molecular flexibility index (Phi) is 3.68. The lowest BCUT2D eigenvalue weighted by atomic mass is 10.0. The average molecular weight is 198 g/mol. The minimum Gasteiger partial charge on any atom is -0.498 e. The second-order valence-corrected chi connectivity index (χ2v) is 3.08. The van der Waals surface area contributed by atoms with Gasteiger partial charge in [0.1, 0.15) is 0 Å². The maximum Gasteiger partial charge on any atom is 0.303 e. The van der Waals surface area contributed by atoms with E-state index in [2.05, 4.69) is 0 Å². The zero-order chi connectivity index (χ0) is 10.6. The van der Waals surface area contributed by atoms with Gasteiger partial charge in [-0.1, -0.05) is 0 Å². The van der Waals surface area contributed by atoms with Gasteiger partial charge in [-0.2, -0.15) is 0 Å². The van der Waals surface area contributed by atoms with E-state index in [4.69, 9.17) is 9.47 Å². The van der Waals surface area contributed by atoms with Crippen LogP contribution in [0.25, 0.3) is 0 Å². The molecule has 0 fully saturated rings. The fourth-order valence-electron chi connectivity index (χ4n) is 1.36. The highest BCUT2D eigenvalue weighted by Gasteiger charge is 2.25. The summed E-state index contributed by atoms with van der Waals surface area (Å²) in [5, 5.41) is 0. The molecule has 0 spiro atoms.